The van der Waals surface area contributed by atoms with Gasteiger partial charge in [-0.15, -0.1) is 0 Å². The topological polar surface area (TPSA) is 105 Å². The highest BCUT2D eigenvalue weighted by Gasteiger charge is 2.51. The molecular weight excluding hydrogens is 521 g/mol. The average Bonchev–Trinajstić information content (AvgIpc) is 3.46. The number of alkyl halides is 3. The van der Waals surface area contributed by atoms with Crippen molar-refractivity contribution in [3.8, 4) is 0 Å². The minimum atomic E-state index is -4.76. The van der Waals surface area contributed by atoms with Gasteiger partial charge in [0.25, 0.3) is 11.8 Å². The average molecular weight is 551 g/mol. The monoisotopic (exact) mass is 550 g/mol. The summed E-state index contributed by atoms with van der Waals surface area (Å²) in [6.45, 7) is 5.72. The van der Waals surface area contributed by atoms with E-state index in [1.54, 1.807) is 6.92 Å². The van der Waals surface area contributed by atoms with E-state index >= 15 is 0 Å². The van der Waals surface area contributed by atoms with Crippen LogP contribution in [0.15, 0.2) is 65.9 Å². The molecule has 3 aromatic rings. The third-order valence-electron chi connectivity index (χ3n) is 7.36. The van der Waals surface area contributed by atoms with Crippen molar-refractivity contribution in [2.45, 2.75) is 58.0 Å². The van der Waals surface area contributed by atoms with Crippen LogP contribution < -0.4 is 5.73 Å². The molecule has 0 bridgehead atoms. The molecule has 40 heavy (non-hydrogen) atoms. The highest BCUT2D eigenvalue weighted by Crippen LogP contribution is 2.42. The van der Waals surface area contributed by atoms with E-state index < -0.39 is 34.8 Å². The number of amides is 2. The van der Waals surface area contributed by atoms with Crippen LogP contribution in [0.3, 0.4) is 0 Å². The number of halogens is 3. The summed E-state index contributed by atoms with van der Waals surface area (Å²) in [4.78, 5) is 43.1. The number of hydrogen-bond donors (Lipinski definition) is 1. The number of nitrogens with two attached hydrogens (primary N) is 1. The number of guanidine groups is 1. The number of aromatic nitrogens is 2. The molecule has 2 atom stereocenters. The molecule has 3 heterocycles. The number of carbonyl (C=O) groups is 2. The first kappa shape index (κ1) is 27.3. The van der Waals surface area contributed by atoms with E-state index in [1.807, 2.05) is 44.2 Å². The Bertz CT molecular complexity index is 1470. The van der Waals surface area contributed by atoms with Gasteiger partial charge in [-0.25, -0.2) is 4.99 Å². The van der Waals surface area contributed by atoms with Crippen LogP contribution in [-0.4, -0.2) is 37.5 Å². The highest BCUT2D eigenvalue weighted by molar-refractivity contribution is 6.07. The predicted molar refractivity (Wildman–Crippen MR) is 142 cm³/mol. The van der Waals surface area contributed by atoms with E-state index in [4.69, 9.17) is 5.73 Å². The van der Waals surface area contributed by atoms with Crippen molar-refractivity contribution >= 4 is 17.8 Å². The van der Waals surface area contributed by atoms with Crippen LogP contribution in [-0.2, 0) is 29.6 Å². The van der Waals surface area contributed by atoms with Gasteiger partial charge in [0.15, 0.2) is 11.5 Å². The van der Waals surface area contributed by atoms with Gasteiger partial charge in [-0.2, -0.15) is 13.2 Å². The normalized spacial score (nSPS) is 19.7. The van der Waals surface area contributed by atoms with Crippen molar-refractivity contribution in [3.05, 3.63) is 94.6 Å². The van der Waals surface area contributed by atoms with Crippen molar-refractivity contribution in [3.63, 3.8) is 0 Å². The van der Waals surface area contributed by atoms with Gasteiger partial charge in [0, 0.05) is 12.4 Å². The van der Waals surface area contributed by atoms with Crippen LogP contribution in [0.2, 0.25) is 0 Å². The second-order valence-electron chi connectivity index (χ2n) is 10.6. The van der Waals surface area contributed by atoms with Gasteiger partial charge in [-0.3, -0.25) is 24.5 Å². The summed E-state index contributed by atoms with van der Waals surface area (Å²) < 4.78 is 42.1. The van der Waals surface area contributed by atoms with E-state index in [0.29, 0.717) is 28.9 Å². The van der Waals surface area contributed by atoms with Gasteiger partial charge in [-0.1, -0.05) is 50.2 Å². The number of nitrogens with zero attached hydrogens (tertiary/aromatic N) is 5. The van der Waals surface area contributed by atoms with Gasteiger partial charge < -0.3 is 10.6 Å². The molecule has 0 saturated heterocycles. The summed E-state index contributed by atoms with van der Waals surface area (Å²) in [5.41, 5.74) is 5.61. The molecule has 0 spiro atoms. The van der Waals surface area contributed by atoms with Gasteiger partial charge in [0.05, 0.1) is 41.6 Å². The first-order valence-corrected chi connectivity index (χ1v) is 13.0. The van der Waals surface area contributed by atoms with Crippen molar-refractivity contribution in [1.29, 1.82) is 0 Å². The molecule has 8 nitrogen and oxygen atoms in total. The number of benzene rings is 2. The summed E-state index contributed by atoms with van der Waals surface area (Å²) in [5, 5.41) is 0. The lowest BCUT2D eigenvalue weighted by Crippen LogP contribution is -2.44. The molecule has 11 heteroatoms. The molecule has 0 saturated carbocycles. The largest absolute Gasteiger partial charge is 0.417 e. The Hall–Kier alpha value is -4.28. The number of rotatable bonds is 6. The maximum Gasteiger partial charge on any atom is 0.417 e. The molecule has 5 rings (SSSR count). The zero-order valence-corrected chi connectivity index (χ0v) is 22.3. The molecule has 1 unspecified atom stereocenters. The van der Waals surface area contributed by atoms with Gasteiger partial charge in [-0.05, 0) is 42.5 Å². The predicted octanol–water partition coefficient (Wildman–Crippen LogP) is 4.81. The maximum atomic E-state index is 14.0. The van der Waals surface area contributed by atoms with Gasteiger partial charge in [0.1, 0.15) is 0 Å². The van der Waals surface area contributed by atoms with Gasteiger partial charge >= 0.3 is 6.18 Å². The Balaban J connectivity index is 1.51. The van der Waals surface area contributed by atoms with Crippen molar-refractivity contribution in [2.24, 2.45) is 16.6 Å². The molecule has 2 aromatic carbocycles. The second kappa shape index (κ2) is 10.0. The second-order valence-corrected chi connectivity index (χ2v) is 10.6. The molecule has 2 amide bonds. The molecular formula is C29H29F3N6O2. The van der Waals surface area contributed by atoms with E-state index in [1.165, 1.54) is 34.3 Å². The smallest absolute Gasteiger partial charge is 0.369 e. The fourth-order valence-corrected chi connectivity index (χ4v) is 5.50. The van der Waals surface area contributed by atoms with Crippen LogP contribution in [0.4, 0.5) is 13.2 Å². The quantitative estimate of drug-likeness (QED) is 0.474. The Morgan fingerprint density at radius 3 is 2.23 bits per heavy atom. The standard InChI is InChI=1S/C29H29F3N6O2/c1-17(2)14-28(20-7-5-4-6-8-20)26(40)38(27(33)36-28)18(3)19-9-10-22(29(30,31)32)21(13-19)25(39)37-15-23-24(16-37)35-12-11-34-23/h4-13,17-18H,14-16H2,1-3H3,(H2,33,36)/t18?,28-/m1/s1. The minimum absolute atomic E-state index is 0.0260. The molecule has 0 aliphatic carbocycles. The Kier molecular flexibility index (Phi) is 6.85. The summed E-state index contributed by atoms with van der Waals surface area (Å²) in [5.74, 6) is -1.09. The first-order chi connectivity index (χ1) is 18.9. The number of hydrogen-bond acceptors (Lipinski definition) is 6. The molecule has 208 valence electrons. The van der Waals surface area contributed by atoms with E-state index in [2.05, 4.69) is 15.0 Å². The summed E-state index contributed by atoms with van der Waals surface area (Å²) in [6, 6.07) is 11.7. The molecule has 0 fully saturated rings. The van der Waals surface area contributed by atoms with Crippen LogP contribution in [0.25, 0.3) is 0 Å². The fraction of sp³-hybridized carbons (Fsp3) is 0.345. The van der Waals surface area contributed by atoms with Crippen LogP contribution >= 0.6 is 0 Å². The molecule has 2 N–H and O–H groups in total. The molecule has 2 aliphatic rings. The lowest BCUT2D eigenvalue weighted by Gasteiger charge is -2.31. The molecule has 2 aliphatic heterocycles. The lowest BCUT2D eigenvalue weighted by atomic mass is 9.82. The zero-order chi connectivity index (χ0) is 28.8. The first-order valence-electron chi connectivity index (χ1n) is 13.0. The van der Waals surface area contributed by atoms with Crippen molar-refractivity contribution in [1.82, 2.24) is 19.8 Å². The van der Waals surface area contributed by atoms with Crippen molar-refractivity contribution in [2.75, 3.05) is 0 Å². The third kappa shape index (κ3) is 4.69. The summed E-state index contributed by atoms with van der Waals surface area (Å²) in [7, 11) is 0. The van der Waals surface area contributed by atoms with Crippen LogP contribution in [0.5, 0.6) is 0 Å². The Morgan fingerprint density at radius 1 is 1.02 bits per heavy atom. The Morgan fingerprint density at radius 2 is 1.65 bits per heavy atom. The number of aliphatic imine (C=N–C) groups is 1. The summed E-state index contributed by atoms with van der Waals surface area (Å²) in [6.07, 6.45) is -1.41. The SMILES string of the molecule is CC(C)C[C@]1(c2ccccc2)N=C(N)N(C(C)c2ccc(C(F)(F)F)c(C(=O)N3Cc4nccnc4C3)c2)C1=O. The number of carbonyl (C=O) groups excluding carboxylic acids is 2. The maximum absolute atomic E-state index is 14.0. The van der Waals surface area contributed by atoms with Crippen LogP contribution in [0.1, 0.15) is 71.7 Å². The van der Waals surface area contributed by atoms with E-state index in [0.717, 1.165) is 6.07 Å². The highest BCUT2D eigenvalue weighted by atomic mass is 19.4. The zero-order valence-electron chi connectivity index (χ0n) is 22.3. The van der Waals surface area contributed by atoms with E-state index in [9.17, 15) is 22.8 Å². The van der Waals surface area contributed by atoms with Gasteiger partial charge in [0.2, 0.25) is 0 Å². The molecule has 0 radical (unpaired) electrons. The lowest BCUT2D eigenvalue weighted by molar-refractivity contribution is -0.138. The number of fused-ring (bicyclic) bond motifs is 1. The summed E-state index contributed by atoms with van der Waals surface area (Å²) >= 11 is 0. The Labute approximate surface area is 229 Å². The third-order valence-corrected chi connectivity index (χ3v) is 7.36. The van der Waals surface area contributed by atoms with E-state index in [-0.39, 0.29) is 30.9 Å². The minimum Gasteiger partial charge on any atom is -0.369 e. The van der Waals surface area contributed by atoms with Crippen molar-refractivity contribution < 1.29 is 22.8 Å². The van der Waals surface area contributed by atoms with Crippen LogP contribution in [0, 0.1) is 5.92 Å². The molecule has 1 aromatic heterocycles. The fourth-order valence-electron chi connectivity index (χ4n) is 5.50.